The monoisotopic (exact) mass is 513 g/mol. The van der Waals surface area contributed by atoms with Crippen LogP contribution in [0.15, 0.2) is 35.6 Å². The van der Waals surface area contributed by atoms with Crippen LogP contribution in [0.5, 0.6) is 5.88 Å². The minimum atomic E-state index is -0.664. The van der Waals surface area contributed by atoms with Gasteiger partial charge in [-0.15, -0.1) is 0 Å². The molecule has 0 aliphatic rings. The van der Waals surface area contributed by atoms with Crippen molar-refractivity contribution in [3.63, 3.8) is 0 Å². The van der Waals surface area contributed by atoms with Crippen LogP contribution in [0, 0.1) is 19.7 Å². The molecule has 2 rings (SSSR count). The first-order chi connectivity index (χ1) is 17.5. The first kappa shape index (κ1) is 29.4. The number of hydrogen-bond acceptors (Lipinski definition) is 8. The zero-order valence-corrected chi connectivity index (χ0v) is 22.6. The Balaban J connectivity index is 2.58. The third kappa shape index (κ3) is 6.51. The number of benzene rings is 1. The summed E-state index contributed by atoms with van der Waals surface area (Å²) >= 11 is 0. The van der Waals surface area contributed by atoms with Crippen molar-refractivity contribution in [1.82, 2.24) is 9.88 Å². The van der Waals surface area contributed by atoms with Gasteiger partial charge in [0.2, 0.25) is 12.3 Å². The van der Waals surface area contributed by atoms with Gasteiger partial charge < -0.3 is 14.7 Å². The topological polar surface area (TPSA) is 98.6 Å². The summed E-state index contributed by atoms with van der Waals surface area (Å²) in [5.74, 6) is -0.413. The number of amides is 1. The molecule has 1 heterocycles. The predicted octanol–water partition coefficient (Wildman–Crippen LogP) is 3.68. The number of carbonyl (C=O) groups excluding carboxylic acids is 2. The quantitative estimate of drug-likeness (QED) is 0.152. The van der Waals surface area contributed by atoms with Crippen molar-refractivity contribution in [3.8, 4) is 5.88 Å². The molecule has 0 saturated carbocycles. The number of anilines is 2. The Kier molecular flexibility index (Phi) is 10.3. The molecule has 0 saturated heterocycles. The van der Waals surface area contributed by atoms with Gasteiger partial charge in [0.1, 0.15) is 18.7 Å². The highest BCUT2D eigenvalue weighted by atomic mass is 19.1. The molecule has 1 aromatic carbocycles. The van der Waals surface area contributed by atoms with Crippen LogP contribution in [0.25, 0.3) is 0 Å². The second-order valence-electron chi connectivity index (χ2n) is 8.84. The number of aryl methyl sites for hydroxylation is 1. The molecule has 0 fully saturated rings. The average molecular weight is 514 g/mol. The fourth-order valence-electron chi connectivity index (χ4n) is 4.36. The van der Waals surface area contributed by atoms with E-state index in [1.807, 2.05) is 32.7 Å². The Morgan fingerprint density at radius 3 is 2.49 bits per heavy atom. The number of aliphatic hydroxyl groups excluding tert-OH is 1. The zero-order valence-electron chi connectivity index (χ0n) is 22.6. The number of ether oxygens (including phenoxy) is 1. The van der Waals surface area contributed by atoms with Crippen molar-refractivity contribution in [2.75, 3.05) is 50.8 Å². The fraction of sp³-hybridized carbons (Fsp3) is 0.407. The van der Waals surface area contributed by atoms with Crippen LogP contribution in [0.4, 0.5) is 15.8 Å². The number of aromatic nitrogens is 1. The molecule has 1 N–H and O–H groups in total. The fourth-order valence-corrected chi connectivity index (χ4v) is 4.36. The summed E-state index contributed by atoms with van der Waals surface area (Å²) in [6, 6.07) is 2.73. The summed E-state index contributed by atoms with van der Waals surface area (Å²) in [5.41, 5.74) is 4.42. The van der Waals surface area contributed by atoms with E-state index in [-0.39, 0.29) is 29.5 Å². The molecule has 1 unspecified atom stereocenters. The summed E-state index contributed by atoms with van der Waals surface area (Å²) in [5, 5.41) is 15.2. The molecular weight excluding hydrogens is 477 g/mol. The number of hydrazone groups is 1. The highest BCUT2D eigenvalue weighted by Gasteiger charge is 2.24. The van der Waals surface area contributed by atoms with E-state index in [0.717, 1.165) is 22.4 Å². The average Bonchev–Trinajstić information content (AvgIpc) is 2.87. The van der Waals surface area contributed by atoms with E-state index in [1.165, 1.54) is 23.0 Å². The van der Waals surface area contributed by atoms with Gasteiger partial charge >= 0.3 is 0 Å². The molecule has 1 aromatic heterocycles. The Hall–Kier alpha value is -3.79. The highest BCUT2D eigenvalue weighted by Crippen LogP contribution is 2.35. The highest BCUT2D eigenvalue weighted by molar-refractivity contribution is 5.92. The molecule has 1 amide bonds. The number of carbonyl (C=O) groups is 2. The molecule has 10 heteroatoms. The Morgan fingerprint density at radius 2 is 1.97 bits per heavy atom. The molecule has 0 aliphatic carbocycles. The number of pyridine rings is 1. The number of halogens is 1. The lowest BCUT2D eigenvalue weighted by atomic mass is 9.88. The molecule has 37 heavy (non-hydrogen) atoms. The molecule has 200 valence electrons. The molecule has 0 radical (unpaired) electrons. The molecule has 2 aromatic rings. The number of nitrogens with zero attached hydrogens (tertiary/aromatic N) is 5. The molecule has 0 aliphatic heterocycles. The first-order valence-corrected chi connectivity index (χ1v) is 11.8. The van der Waals surface area contributed by atoms with Crippen LogP contribution in [-0.4, -0.2) is 74.4 Å². The van der Waals surface area contributed by atoms with Crippen LogP contribution in [0.3, 0.4) is 0 Å². The standard InChI is InChI=1S/C27H36FN5O4/c1-9-33(16-36)25(15-35)30-32(7)24-11-21(20(14-34)10-23(24)28)22(17(2)3)13-31(6)26-18(4)12-29-27(37-8)19(26)5/h10-12,14,16,22,35H,2,9,13,15H2,1,3-8H3/b30-25-. The second kappa shape index (κ2) is 13.0. The number of hydrogen-bond donors (Lipinski definition) is 1. The van der Waals surface area contributed by atoms with Crippen LogP contribution in [-0.2, 0) is 4.79 Å². The Morgan fingerprint density at radius 1 is 1.30 bits per heavy atom. The smallest absolute Gasteiger partial charge is 0.218 e. The van der Waals surface area contributed by atoms with Gasteiger partial charge in [0.15, 0.2) is 5.84 Å². The van der Waals surface area contributed by atoms with Crippen LogP contribution in [0.1, 0.15) is 46.8 Å². The van der Waals surface area contributed by atoms with Gasteiger partial charge in [-0.2, -0.15) is 5.10 Å². The zero-order chi connectivity index (χ0) is 27.9. The SMILES string of the molecule is C=C(C)C(CN(C)c1c(C)cnc(OC)c1C)c1cc(N(C)/N=C(/CO)N(C=O)CC)c(F)cc1C=O. The Bertz CT molecular complexity index is 1180. The number of likely N-dealkylation sites (N-methyl/N-ethyl adjacent to an activating group) is 2. The number of methoxy groups -OCH3 is 1. The number of aliphatic hydroxyl groups is 1. The van der Waals surface area contributed by atoms with Gasteiger partial charge in [-0.1, -0.05) is 12.2 Å². The van der Waals surface area contributed by atoms with Crippen molar-refractivity contribution in [2.45, 2.75) is 33.6 Å². The number of rotatable bonds is 12. The van der Waals surface area contributed by atoms with E-state index in [4.69, 9.17) is 4.74 Å². The van der Waals surface area contributed by atoms with Crippen molar-refractivity contribution in [1.29, 1.82) is 0 Å². The lowest BCUT2D eigenvalue weighted by Crippen LogP contribution is -2.34. The third-order valence-electron chi connectivity index (χ3n) is 6.26. The maximum atomic E-state index is 15.1. The predicted molar refractivity (Wildman–Crippen MR) is 144 cm³/mol. The summed E-state index contributed by atoms with van der Waals surface area (Å²) in [6.45, 7) is 11.8. The largest absolute Gasteiger partial charge is 0.481 e. The van der Waals surface area contributed by atoms with Crippen molar-refractivity contribution in [2.24, 2.45) is 5.10 Å². The van der Waals surface area contributed by atoms with E-state index < -0.39 is 12.4 Å². The minimum absolute atomic E-state index is 0.0641. The summed E-state index contributed by atoms with van der Waals surface area (Å²) in [7, 11) is 5.00. The van der Waals surface area contributed by atoms with Gasteiger partial charge in [0, 0.05) is 56.1 Å². The lowest BCUT2D eigenvalue weighted by molar-refractivity contribution is -0.114. The maximum Gasteiger partial charge on any atom is 0.218 e. The van der Waals surface area contributed by atoms with Gasteiger partial charge in [-0.05, 0) is 51.0 Å². The van der Waals surface area contributed by atoms with Crippen LogP contribution < -0.4 is 14.6 Å². The van der Waals surface area contributed by atoms with Gasteiger partial charge in [-0.3, -0.25) is 19.5 Å². The molecule has 0 spiro atoms. The minimum Gasteiger partial charge on any atom is -0.481 e. The summed E-state index contributed by atoms with van der Waals surface area (Å²) in [6.07, 6.45) is 2.91. The van der Waals surface area contributed by atoms with Crippen LogP contribution >= 0.6 is 0 Å². The van der Waals surface area contributed by atoms with Gasteiger partial charge in [-0.25, -0.2) is 9.37 Å². The molecule has 9 nitrogen and oxygen atoms in total. The third-order valence-corrected chi connectivity index (χ3v) is 6.26. The van der Waals surface area contributed by atoms with Gasteiger partial charge in [0.05, 0.1) is 12.8 Å². The van der Waals surface area contributed by atoms with E-state index >= 15 is 4.39 Å². The van der Waals surface area contributed by atoms with Gasteiger partial charge in [0.25, 0.3) is 0 Å². The summed E-state index contributed by atoms with van der Waals surface area (Å²) < 4.78 is 20.5. The summed E-state index contributed by atoms with van der Waals surface area (Å²) in [4.78, 5) is 30.9. The first-order valence-electron chi connectivity index (χ1n) is 11.8. The van der Waals surface area contributed by atoms with E-state index in [1.54, 1.807) is 26.3 Å². The van der Waals surface area contributed by atoms with Crippen molar-refractivity contribution >= 4 is 29.9 Å². The normalized spacial score (nSPS) is 12.1. The molecule has 1 atom stereocenters. The Labute approximate surface area is 217 Å². The van der Waals surface area contributed by atoms with Crippen molar-refractivity contribution in [3.05, 3.63) is 58.6 Å². The van der Waals surface area contributed by atoms with E-state index in [9.17, 15) is 14.7 Å². The van der Waals surface area contributed by atoms with Crippen molar-refractivity contribution < 1.29 is 23.8 Å². The van der Waals surface area contributed by atoms with E-state index in [0.29, 0.717) is 30.7 Å². The maximum absolute atomic E-state index is 15.1. The van der Waals surface area contributed by atoms with E-state index in [2.05, 4.69) is 16.7 Å². The van der Waals surface area contributed by atoms with Crippen LogP contribution in [0.2, 0.25) is 0 Å². The lowest BCUT2D eigenvalue weighted by Gasteiger charge is -2.30. The molecular formula is C27H36FN5O4. The number of aldehydes is 1. The molecule has 0 bridgehead atoms. The second-order valence-corrected chi connectivity index (χ2v) is 8.84. The number of amidine groups is 1.